The molecule has 0 saturated carbocycles. The van der Waals surface area contributed by atoms with Gasteiger partial charge in [0.25, 0.3) is 0 Å². The van der Waals surface area contributed by atoms with Gasteiger partial charge in [0.05, 0.1) is 0 Å². The van der Waals surface area contributed by atoms with Gasteiger partial charge < -0.3 is 4.90 Å². The molecule has 2 heteroatoms. The standard InChI is InChI=1S/C3H7NO/c1-4(2)3-5/h3H,1-2H3/i3D. The number of nitrogens with zero attached hydrogens (tertiary/aromatic N) is 1. The summed E-state index contributed by atoms with van der Waals surface area (Å²) in [5.74, 6) is 0. The van der Waals surface area contributed by atoms with E-state index in [4.69, 9.17) is 1.37 Å². The monoisotopic (exact) mass is 74.1 g/mol. The molecule has 0 spiro atoms. The lowest BCUT2D eigenvalue weighted by atomic mass is 11.0. The van der Waals surface area contributed by atoms with Crippen LogP contribution in [0.4, 0.5) is 0 Å². The minimum Gasteiger partial charge on any atom is -0.351 e. The quantitative estimate of drug-likeness (QED) is 0.361. The Balaban J connectivity index is 3.26. The third-order valence-electron chi connectivity index (χ3n) is 0.183. The molecule has 0 aliphatic carbocycles. The molecule has 2 nitrogen and oxygen atoms in total. The van der Waals surface area contributed by atoms with E-state index in [0.717, 1.165) is 0 Å². The van der Waals surface area contributed by atoms with Crippen molar-refractivity contribution >= 4 is 6.39 Å². The molecule has 0 rings (SSSR count). The summed E-state index contributed by atoms with van der Waals surface area (Å²) in [5, 5.41) is 0. The Morgan fingerprint density at radius 1 is 2.00 bits per heavy atom. The van der Waals surface area contributed by atoms with E-state index in [1.54, 1.807) is 0 Å². The van der Waals surface area contributed by atoms with Crippen LogP contribution >= 0.6 is 0 Å². The first-order valence-electron chi connectivity index (χ1n) is 1.82. The van der Waals surface area contributed by atoms with Crippen LogP contribution in [-0.4, -0.2) is 25.4 Å². The van der Waals surface area contributed by atoms with Gasteiger partial charge in [-0.05, 0) is 0 Å². The Morgan fingerprint density at radius 2 is 2.20 bits per heavy atom. The molecule has 0 aromatic carbocycles. The number of carbonyl (C=O) groups is 1. The maximum Gasteiger partial charge on any atom is 0.209 e. The SMILES string of the molecule is [2H]C(=O)N(C)C. The lowest BCUT2D eigenvalue weighted by Gasteiger charge is -1.93. The van der Waals surface area contributed by atoms with Crippen LogP contribution in [0.1, 0.15) is 1.37 Å². The fraction of sp³-hybridized carbons (Fsp3) is 0.667. The molecule has 0 aliphatic heterocycles. The highest BCUT2D eigenvalue weighted by Crippen LogP contribution is 1.52. The largest absolute Gasteiger partial charge is 0.351 e. The van der Waals surface area contributed by atoms with Crippen molar-refractivity contribution in [3.8, 4) is 0 Å². The van der Waals surface area contributed by atoms with Crippen molar-refractivity contribution in [1.82, 2.24) is 4.90 Å². The van der Waals surface area contributed by atoms with E-state index in [9.17, 15) is 4.79 Å². The molecular weight excluding hydrogens is 66.0 g/mol. The fourth-order valence-corrected chi connectivity index (χ4v) is 0. The van der Waals surface area contributed by atoms with Gasteiger partial charge in [-0.25, -0.2) is 0 Å². The highest BCUT2D eigenvalue weighted by Gasteiger charge is 1.68. The summed E-state index contributed by atoms with van der Waals surface area (Å²) in [6.45, 7) is 0. The van der Waals surface area contributed by atoms with Gasteiger partial charge in [0.1, 0.15) is 1.37 Å². The average Bonchev–Trinajstić information content (AvgIpc) is 1.36. The van der Waals surface area contributed by atoms with Crippen LogP contribution in [0.3, 0.4) is 0 Å². The lowest BCUT2D eigenvalue weighted by molar-refractivity contribution is -0.115. The lowest BCUT2D eigenvalue weighted by Crippen LogP contribution is -2.06. The molecule has 0 aliphatic rings. The molecule has 30 valence electrons. The molecule has 0 bridgehead atoms. The van der Waals surface area contributed by atoms with Crippen LogP contribution in [0.2, 0.25) is 0 Å². The zero-order chi connectivity index (χ0) is 5.15. The summed E-state index contributed by atoms with van der Waals surface area (Å²) in [5.41, 5.74) is 0. The van der Waals surface area contributed by atoms with Crippen LogP contribution in [0.15, 0.2) is 0 Å². The number of rotatable bonds is 0. The Labute approximate surface area is 32.8 Å². The van der Waals surface area contributed by atoms with Gasteiger partial charge in [-0.1, -0.05) is 0 Å². The third kappa shape index (κ3) is 3.47. The summed E-state index contributed by atoms with van der Waals surface area (Å²) in [7, 11) is 3.07. The maximum absolute atomic E-state index is 9.74. The third-order valence-corrected chi connectivity index (χ3v) is 0.183. The van der Waals surface area contributed by atoms with Gasteiger partial charge in [-0.3, -0.25) is 4.79 Å². The molecule has 5 heavy (non-hydrogen) atoms. The normalized spacial score (nSPS) is 9.60. The van der Waals surface area contributed by atoms with Crippen molar-refractivity contribution in [3.63, 3.8) is 0 Å². The minimum absolute atomic E-state index is 0.657. The van der Waals surface area contributed by atoms with E-state index in [0.29, 0.717) is 0 Å². The molecule has 0 unspecified atom stereocenters. The van der Waals surface area contributed by atoms with Gasteiger partial charge in [0.2, 0.25) is 6.39 Å². The van der Waals surface area contributed by atoms with E-state index >= 15 is 0 Å². The van der Waals surface area contributed by atoms with Crippen molar-refractivity contribution in [2.24, 2.45) is 0 Å². The molecular formula is C3H7NO. The zero-order valence-electron chi connectivity index (χ0n) is 4.36. The maximum atomic E-state index is 9.74. The number of hydrogen-bond donors (Lipinski definition) is 0. The van der Waals surface area contributed by atoms with Gasteiger partial charge in [0.15, 0.2) is 0 Å². The van der Waals surface area contributed by atoms with E-state index < -0.39 is 6.39 Å². The number of amides is 1. The molecule has 0 fully saturated rings. The molecule has 0 N–H and O–H groups in total. The Morgan fingerprint density at radius 3 is 2.20 bits per heavy atom. The molecule has 0 atom stereocenters. The Hall–Kier alpha value is -0.530. The minimum atomic E-state index is -0.657. The molecule has 0 radical (unpaired) electrons. The first kappa shape index (κ1) is 2.69. The second kappa shape index (κ2) is 1.76. The smallest absolute Gasteiger partial charge is 0.209 e. The predicted molar refractivity (Wildman–Crippen MR) is 19.8 cm³/mol. The number of hydrogen-bond acceptors (Lipinski definition) is 1. The summed E-state index contributed by atoms with van der Waals surface area (Å²) < 4.78 is 6.32. The van der Waals surface area contributed by atoms with Crippen molar-refractivity contribution < 1.29 is 6.17 Å². The summed E-state index contributed by atoms with van der Waals surface area (Å²) in [6.07, 6.45) is -0.657. The second-order valence-corrected chi connectivity index (χ2v) is 0.986. The first-order chi connectivity index (χ1) is 2.64. The average molecular weight is 74.1 g/mol. The highest BCUT2D eigenvalue weighted by atomic mass is 16.1. The van der Waals surface area contributed by atoms with Crippen molar-refractivity contribution in [2.75, 3.05) is 14.1 Å². The van der Waals surface area contributed by atoms with Crippen molar-refractivity contribution in [3.05, 3.63) is 0 Å². The van der Waals surface area contributed by atoms with Crippen LogP contribution < -0.4 is 0 Å². The highest BCUT2D eigenvalue weighted by molar-refractivity contribution is 5.45. The first-order valence-corrected chi connectivity index (χ1v) is 1.32. The summed E-state index contributed by atoms with van der Waals surface area (Å²) >= 11 is 0. The molecule has 1 amide bonds. The van der Waals surface area contributed by atoms with Crippen molar-refractivity contribution in [1.29, 1.82) is 0 Å². The predicted octanol–water partition coefficient (Wildman–Crippen LogP) is -0.296. The molecule has 0 saturated heterocycles. The van der Waals surface area contributed by atoms with Crippen LogP contribution in [0.5, 0.6) is 0 Å². The fourth-order valence-electron chi connectivity index (χ4n) is 0. The van der Waals surface area contributed by atoms with Crippen LogP contribution in [-0.2, 0) is 4.79 Å². The molecule has 0 aromatic heterocycles. The van der Waals surface area contributed by atoms with E-state index in [2.05, 4.69) is 0 Å². The molecule has 0 heterocycles. The topological polar surface area (TPSA) is 20.3 Å². The van der Waals surface area contributed by atoms with E-state index in [-0.39, 0.29) is 0 Å². The zero-order valence-corrected chi connectivity index (χ0v) is 3.36. The summed E-state index contributed by atoms with van der Waals surface area (Å²) in [4.78, 5) is 10.9. The Bertz CT molecular complexity index is 61.8. The van der Waals surface area contributed by atoms with Crippen LogP contribution in [0.25, 0.3) is 0 Å². The van der Waals surface area contributed by atoms with Gasteiger partial charge in [-0.15, -0.1) is 0 Å². The van der Waals surface area contributed by atoms with Gasteiger partial charge in [-0.2, -0.15) is 0 Å². The second-order valence-electron chi connectivity index (χ2n) is 0.986. The molecule has 0 aromatic rings. The van der Waals surface area contributed by atoms with Gasteiger partial charge in [0, 0.05) is 14.1 Å². The van der Waals surface area contributed by atoms with E-state index in [1.165, 1.54) is 19.0 Å². The summed E-state index contributed by atoms with van der Waals surface area (Å²) in [6, 6.07) is 0. The van der Waals surface area contributed by atoms with Gasteiger partial charge >= 0.3 is 0 Å². The van der Waals surface area contributed by atoms with Crippen LogP contribution in [0, 0.1) is 0 Å². The van der Waals surface area contributed by atoms with E-state index in [1.807, 2.05) is 0 Å². The number of carbonyl (C=O) groups excluding carboxylic acids is 1. The Kier molecular flexibility index (Phi) is 0.947. The van der Waals surface area contributed by atoms with Crippen molar-refractivity contribution in [2.45, 2.75) is 0 Å².